The molecule has 26 heavy (non-hydrogen) atoms. The van der Waals surface area contributed by atoms with Gasteiger partial charge >= 0.3 is 6.18 Å². The van der Waals surface area contributed by atoms with Crippen LogP contribution < -0.4 is 10.6 Å². The lowest BCUT2D eigenvalue weighted by molar-refractivity contribution is -0.137. The van der Waals surface area contributed by atoms with Gasteiger partial charge in [-0.3, -0.25) is 4.79 Å². The molecule has 0 aliphatic carbocycles. The van der Waals surface area contributed by atoms with Crippen molar-refractivity contribution >= 4 is 29.1 Å². The van der Waals surface area contributed by atoms with Gasteiger partial charge in [0.15, 0.2) is 0 Å². The van der Waals surface area contributed by atoms with Gasteiger partial charge in [-0.1, -0.05) is 18.5 Å². The van der Waals surface area contributed by atoms with Crippen molar-refractivity contribution in [3.05, 3.63) is 46.2 Å². The summed E-state index contributed by atoms with van der Waals surface area (Å²) in [6.07, 6.45) is -3.78. The number of aromatic nitrogens is 2. The van der Waals surface area contributed by atoms with Crippen LogP contribution in [0.25, 0.3) is 0 Å². The van der Waals surface area contributed by atoms with Gasteiger partial charge in [-0.15, -0.1) is 0 Å². The molecule has 1 aromatic carbocycles. The molecule has 0 saturated carbocycles. The Hall–Kier alpha value is -2.35. The molecule has 9 heteroatoms. The fourth-order valence-corrected chi connectivity index (χ4v) is 2.31. The molecule has 0 aliphatic rings. The molecule has 5 nitrogen and oxygen atoms in total. The quantitative estimate of drug-likeness (QED) is 0.765. The van der Waals surface area contributed by atoms with E-state index < -0.39 is 22.7 Å². The number of carbonyl (C=O) groups excluding carboxylic acids is 1. The Balaban J connectivity index is 2.25. The van der Waals surface area contributed by atoms with Crippen molar-refractivity contribution in [2.45, 2.75) is 39.4 Å². The molecule has 0 saturated heterocycles. The maximum atomic E-state index is 12.9. The highest BCUT2D eigenvalue weighted by Gasteiger charge is 2.33. The van der Waals surface area contributed by atoms with Crippen molar-refractivity contribution in [3.63, 3.8) is 0 Å². The first-order valence-corrected chi connectivity index (χ1v) is 8.28. The Morgan fingerprint density at radius 3 is 2.58 bits per heavy atom. The molecule has 0 bridgehead atoms. The number of amides is 1. The highest BCUT2D eigenvalue weighted by Crippen LogP contribution is 2.36. The van der Waals surface area contributed by atoms with Gasteiger partial charge in [-0.25, -0.2) is 9.97 Å². The van der Waals surface area contributed by atoms with Gasteiger partial charge in [-0.2, -0.15) is 13.2 Å². The first kappa shape index (κ1) is 20.0. The average Bonchev–Trinajstić information content (AvgIpc) is 2.54. The van der Waals surface area contributed by atoms with E-state index in [2.05, 4.69) is 20.6 Å². The summed E-state index contributed by atoms with van der Waals surface area (Å²) >= 11 is 5.58. The van der Waals surface area contributed by atoms with Gasteiger partial charge in [0.2, 0.25) is 5.95 Å². The first-order valence-electron chi connectivity index (χ1n) is 7.90. The molecule has 2 rings (SSSR count). The molecule has 1 heterocycles. The third-order valence-electron chi connectivity index (χ3n) is 3.60. The number of hydrogen-bond donors (Lipinski definition) is 2. The third kappa shape index (κ3) is 5.08. The van der Waals surface area contributed by atoms with E-state index in [1.165, 1.54) is 12.1 Å². The summed E-state index contributed by atoms with van der Waals surface area (Å²) < 4.78 is 38.8. The van der Waals surface area contributed by atoms with Crippen molar-refractivity contribution < 1.29 is 18.0 Å². The summed E-state index contributed by atoms with van der Waals surface area (Å²) in [6.45, 7) is 5.63. The van der Waals surface area contributed by atoms with E-state index in [4.69, 9.17) is 11.6 Å². The number of halogens is 4. The summed E-state index contributed by atoms with van der Waals surface area (Å²) in [5, 5.41) is 5.03. The normalized spacial score (nSPS) is 12.6. The van der Waals surface area contributed by atoms with Crippen LogP contribution >= 0.6 is 11.6 Å². The summed E-state index contributed by atoms with van der Waals surface area (Å²) in [7, 11) is 0. The van der Waals surface area contributed by atoms with Crippen molar-refractivity contribution in [1.82, 2.24) is 9.97 Å². The number of aryl methyl sites for hydroxylation is 1. The first-order chi connectivity index (χ1) is 12.1. The monoisotopic (exact) mass is 386 g/mol. The molecule has 0 spiro atoms. The molecular weight excluding hydrogens is 369 g/mol. The lowest BCUT2D eigenvalue weighted by Gasteiger charge is -2.14. The smallest absolute Gasteiger partial charge is 0.352 e. The van der Waals surface area contributed by atoms with Crippen LogP contribution in [0.3, 0.4) is 0 Å². The second kappa shape index (κ2) is 7.90. The summed E-state index contributed by atoms with van der Waals surface area (Å²) in [4.78, 5) is 20.7. The predicted molar refractivity (Wildman–Crippen MR) is 94.6 cm³/mol. The molecule has 2 N–H and O–H groups in total. The van der Waals surface area contributed by atoms with Crippen LogP contribution in [-0.2, 0) is 6.18 Å². The third-order valence-corrected chi connectivity index (χ3v) is 3.93. The minimum atomic E-state index is -4.61. The second-order valence-electron chi connectivity index (χ2n) is 5.82. The van der Waals surface area contributed by atoms with Crippen LogP contribution in [0.15, 0.2) is 24.3 Å². The van der Waals surface area contributed by atoms with Crippen LogP contribution in [0.1, 0.15) is 42.0 Å². The van der Waals surface area contributed by atoms with Crippen molar-refractivity contribution in [2.75, 3.05) is 10.6 Å². The largest absolute Gasteiger partial charge is 0.417 e. The number of rotatable bonds is 5. The fraction of sp³-hybridized carbons (Fsp3) is 0.353. The fourth-order valence-electron chi connectivity index (χ4n) is 2.09. The van der Waals surface area contributed by atoms with Crippen LogP contribution in [-0.4, -0.2) is 21.9 Å². The SMILES string of the molecule is CCC(C)Nc1nc(C)cc(C(=O)Nc2ccc(Cl)c(C(F)(F)F)c2)n1. The van der Waals surface area contributed by atoms with Gasteiger partial charge < -0.3 is 10.6 Å². The van der Waals surface area contributed by atoms with E-state index in [0.29, 0.717) is 5.69 Å². The number of carbonyl (C=O) groups is 1. The van der Waals surface area contributed by atoms with Gasteiger partial charge in [0.1, 0.15) is 5.69 Å². The van der Waals surface area contributed by atoms with Crippen molar-refractivity contribution in [2.24, 2.45) is 0 Å². The summed E-state index contributed by atoms with van der Waals surface area (Å²) in [6, 6.07) is 4.73. The summed E-state index contributed by atoms with van der Waals surface area (Å²) in [5.74, 6) is -0.352. The predicted octanol–water partition coefficient (Wildman–Crippen LogP) is 4.92. The zero-order valence-electron chi connectivity index (χ0n) is 14.4. The Morgan fingerprint density at radius 1 is 1.27 bits per heavy atom. The van der Waals surface area contributed by atoms with E-state index in [9.17, 15) is 18.0 Å². The van der Waals surface area contributed by atoms with Gasteiger partial charge in [0.05, 0.1) is 10.6 Å². The van der Waals surface area contributed by atoms with E-state index in [1.807, 2.05) is 13.8 Å². The minimum absolute atomic E-state index is 0.0283. The van der Waals surface area contributed by atoms with Gasteiger partial charge in [-0.05, 0) is 44.5 Å². The maximum Gasteiger partial charge on any atom is 0.417 e. The van der Waals surface area contributed by atoms with Crippen molar-refractivity contribution in [1.29, 1.82) is 0 Å². The van der Waals surface area contributed by atoms with E-state index >= 15 is 0 Å². The van der Waals surface area contributed by atoms with E-state index in [-0.39, 0.29) is 23.4 Å². The zero-order valence-corrected chi connectivity index (χ0v) is 15.2. The highest BCUT2D eigenvalue weighted by molar-refractivity contribution is 6.31. The van der Waals surface area contributed by atoms with Crippen LogP contribution in [0.4, 0.5) is 24.8 Å². The van der Waals surface area contributed by atoms with Gasteiger partial charge in [0, 0.05) is 17.4 Å². The van der Waals surface area contributed by atoms with Crippen LogP contribution in [0, 0.1) is 6.92 Å². The molecular formula is C17H18ClF3N4O. The number of nitrogens with zero attached hydrogens (tertiary/aromatic N) is 2. The van der Waals surface area contributed by atoms with Crippen LogP contribution in [0.5, 0.6) is 0 Å². The average molecular weight is 387 g/mol. The number of benzene rings is 1. The molecule has 2 aromatic rings. The molecule has 0 fully saturated rings. The number of nitrogens with one attached hydrogen (secondary N) is 2. The van der Waals surface area contributed by atoms with E-state index in [1.54, 1.807) is 6.92 Å². The number of hydrogen-bond acceptors (Lipinski definition) is 4. The lowest BCUT2D eigenvalue weighted by Crippen LogP contribution is -2.20. The van der Waals surface area contributed by atoms with Crippen molar-refractivity contribution in [3.8, 4) is 0 Å². The zero-order chi connectivity index (χ0) is 19.5. The Kier molecular flexibility index (Phi) is 6.07. The Bertz CT molecular complexity index is 811. The van der Waals surface area contributed by atoms with Crippen LogP contribution in [0.2, 0.25) is 5.02 Å². The molecule has 0 aliphatic heterocycles. The van der Waals surface area contributed by atoms with E-state index in [0.717, 1.165) is 18.6 Å². The Morgan fingerprint density at radius 2 is 1.96 bits per heavy atom. The number of anilines is 2. The van der Waals surface area contributed by atoms with Gasteiger partial charge in [0.25, 0.3) is 5.91 Å². The molecule has 1 amide bonds. The molecule has 1 unspecified atom stereocenters. The molecule has 1 aromatic heterocycles. The number of alkyl halides is 3. The summed E-state index contributed by atoms with van der Waals surface area (Å²) in [5.41, 5.74) is -0.441. The minimum Gasteiger partial charge on any atom is -0.352 e. The topological polar surface area (TPSA) is 66.9 Å². The highest BCUT2D eigenvalue weighted by atomic mass is 35.5. The standard InChI is InChI=1S/C17H18ClF3N4O/c1-4-9(2)22-16-23-10(3)7-14(25-16)15(26)24-11-5-6-13(18)12(8-11)17(19,20)21/h5-9H,4H2,1-3H3,(H,24,26)(H,22,23,25). The Labute approximate surface area is 154 Å². The molecule has 140 valence electrons. The molecule has 0 radical (unpaired) electrons. The second-order valence-corrected chi connectivity index (χ2v) is 6.23. The lowest BCUT2D eigenvalue weighted by atomic mass is 10.2. The molecule has 1 atom stereocenters. The maximum absolute atomic E-state index is 12.9.